The van der Waals surface area contributed by atoms with Gasteiger partial charge in [0.15, 0.2) is 0 Å². The first-order chi connectivity index (χ1) is 23.1. The van der Waals surface area contributed by atoms with Crippen LogP contribution in [0.5, 0.6) is 0 Å². The molecule has 0 saturated heterocycles. The zero-order valence-corrected chi connectivity index (χ0v) is 27.3. The summed E-state index contributed by atoms with van der Waals surface area (Å²) in [5, 5.41) is 7.69. The monoisotopic (exact) mass is 602 g/mol. The molecule has 0 fully saturated rings. The summed E-state index contributed by atoms with van der Waals surface area (Å²) < 4.78 is 0. The molecule has 7 aromatic carbocycles. The number of fused-ring (bicyclic) bond motifs is 3. The van der Waals surface area contributed by atoms with E-state index in [0.717, 1.165) is 12.8 Å². The second-order valence-electron chi connectivity index (χ2n) is 12.8. The van der Waals surface area contributed by atoms with Crippen molar-refractivity contribution in [1.82, 2.24) is 0 Å². The number of allylic oxidation sites excluding steroid dienone is 6. The fourth-order valence-corrected chi connectivity index (χ4v) is 7.66. The Morgan fingerprint density at radius 2 is 0.936 bits per heavy atom. The number of benzene rings is 7. The van der Waals surface area contributed by atoms with E-state index in [2.05, 4.69) is 172 Å². The first-order valence-corrected chi connectivity index (χ1v) is 16.8. The van der Waals surface area contributed by atoms with Gasteiger partial charge in [0.05, 0.1) is 0 Å². The fourth-order valence-electron chi connectivity index (χ4n) is 7.66. The molecule has 0 spiro atoms. The molecule has 47 heavy (non-hydrogen) atoms. The van der Waals surface area contributed by atoms with E-state index < -0.39 is 0 Å². The van der Waals surface area contributed by atoms with E-state index in [9.17, 15) is 0 Å². The van der Waals surface area contributed by atoms with Gasteiger partial charge in [0.25, 0.3) is 0 Å². The molecule has 0 heteroatoms. The second kappa shape index (κ2) is 12.0. The highest BCUT2D eigenvalue weighted by atomic mass is 14.2. The summed E-state index contributed by atoms with van der Waals surface area (Å²) in [6.07, 6.45) is 11.2. The molecular formula is C47H38. The topological polar surface area (TPSA) is 0 Å². The Morgan fingerprint density at radius 1 is 0.447 bits per heavy atom. The molecule has 1 aliphatic carbocycles. The Kier molecular flexibility index (Phi) is 7.43. The maximum atomic E-state index is 2.36. The lowest BCUT2D eigenvalue weighted by atomic mass is 9.83. The smallest absolute Gasteiger partial charge is 0.00201 e. The minimum absolute atomic E-state index is 1.03. The van der Waals surface area contributed by atoms with Crippen molar-refractivity contribution in [1.29, 1.82) is 0 Å². The van der Waals surface area contributed by atoms with Gasteiger partial charge in [-0.15, -0.1) is 0 Å². The predicted octanol–water partition coefficient (Wildman–Crippen LogP) is 13.4. The minimum atomic E-state index is 1.03. The van der Waals surface area contributed by atoms with Crippen LogP contribution >= 0.6 is 0 Å². The van der Waals surface area contributed by atoms with Crippen LogP contribution < -0.4 is 0 Å². The van der Waals surface area contributed by atoms with Gasteiger partial charge in [-0.3, -0.25) is 0 Å². The molecule has 0 N–H and O–H groups in total. The van der Waals surface area contributed by atoms with Crippen LogP contribution in [0.1, 0.15) is 36.5 Å². The first-order valence-electron chi connectivity index (χ1n) is 16.8. The SMILES string of the molecule is CCC1=CC=C(c2ccc(-c3c4ccccc4c(-c4ccc(-c5c(C)cccc5C)c5ccccc45)c4ccccc34)cc2)C=CC1. The number of rotatable bonds is 5. The van der Waals surface area contributed by atoms with Gasteiger partial charge in [0.1, 0.15) is 0 Å². The molecule has 0 radical (unpaired) electrons. The molecule has 226 valence electrons. The van der Waals surface area contributed by atoms with Crippen LogP contribution in [0.15, 0.2) is 157 Å². The summed E-state index contributed by atoms with van der Waals surface area (Å²) in [6, 6.07) is 47.4. The van der Waals surface area contributed by atoms with Crippen molar-refractivity contribution >= 4 is 37.9 Å². The standard InChI is InChI=1S/C47H38/c1-4-33-15-12-16-34(24-23-33)35-25-27-36(28-26-35)46-39-19-7-9-21-41(39)47(42-22-10-8-20-40(42)46)44-30-29-43(37-17-5-6-18-38(37)44)45-31(2)13-11-14-32(45)3/h5-14,16-30H,4,15H2,1-3H3. The summed E-state index contributed by atoms with van der Waals surface area (Å²) in [5.41, 5.74) is 14.3. The number of aryl methyl sites for hydroxylation is 2. The molecule has 7 aromatic rings. The largest absolute Gasteiger partial charge is 0.0798 e. The lowest BCUT2D eigenvalue weighted by Crippen LogP contribution is -1.94. The summed E-state index contributed by atoms with van der Waals surface area (Å²) in [4.78, 5) is 0. The van der Waals surface area contributed by atoms with Gasteiger partial charge < -0.3 is 0 Å². The molecule has 0 saturated carbocycles. The molecule has 0 amide bonds. The Balaban J connectivity index is 1.35. The van der Waals surface area contributed by atoms with Crippen LogP contribution in [0.3, 0.4) is 0 Å². The van der Waals surface area contributed by atoms with E-state index in [1.54, 1.807) is 0 Å². The van der Waals surface area contributed by atoms with Crippen molar-refractivity contribution in [3.05, 3.63) is 174 Å². The van der Waals surface area contributed by atoms with Crippen LogP contribution in [-0.4, -0.2) is 0 Å². The molecule has 1 aliphatic rings. The van der Waals surface area contributed by atoms with E-state index in [-0.39, 0.29) is 0 Å². The molecular weight excluding hydrogens is 565 g/mol. The Morgan fingerprint density at radius 3 is 1.49 bits per heavy atom. The van der Waals surface area contributed by atoms with Gasteiger partial charge in [-0.05, 0) is 115 Å². The van der Waals surface area contributed by atoms with Gasteiger partial charge in [0, 0.05) is 0 Å². The quantitative estimate of drug-likeness (QED) is 0.172. The van der Waals surface area contributed by atoms with Gasteiger partial charge in [0.2, 0.25) is 0 Å². The average Bonchev–Trinajstić information content (AvgIpc) is 3.37. The maximum absolute atomic E-state index is 2.36. The van der Waals surface area contributed by atoms with E-state index >= 15 is 0 Å². The zero-order valence-electron chi connectivity index (χ0n) is 27.3. The molecule has 8 rings (SSSR count). The molecule has 0 atom stereocenters. The second-order valence-corrected chi connectivity index (χ2v) is 12.8. The van der Waals surface area contributed by atoms with Gasteiger partial charge in [-0.25, -0.2) is 0 Å². The van der Waals surface area contributed by atoms with E-state index in [1.165, 1.54) is 93.5 Å². The Bertz CT molecular complexity index is 2330. The minimum Gasteiger partial charge on any atom is -0.0798 e. The predicted molar refractivity (Wildman–Crippen MR) is 205 cm³/mol. The van der Waals surface area contributed by atoms with Crippen LogP contribution in [0.4, 0.5) is 0 Å². The lowest BCUT2D eigenvalue weighted by molar-refractivity contribution is 1.03. The third-order valence-corrected chi connectivity index (χ3v) is 10.0. The lowest BCUT2D eigenvalue weighted by Gasteiger charge is -2.20. The normalized spacial score (nSPS) is 13.2. The van der Waals surface area contributed by atoms with E-state index in [4.69, 9.17) is 0 Å². The van der Waals surface area contributed by atoms with E-state index in [1.807, 2.05) is 0 Å². The molecule has 0 aromatic heterocycles. The third kappa shape index (κ3) is 5.02. The summed E-state index contributed by atoms with van der Waals surface area (Å²) in [7, 11) is 0. The van der Waals surface area contributed by atoms with Crippen molar-refractivity contribution in [2.45, 2.75) is 33.6 Å². The van der Waals surface area contributed by atoms with Crippen LogP contribution in [-0.2, 0) is 0 Å². The van der Waals surface area contributed by atoms with Gasteiger partial charge in [-0.2, -0.15) is 0 Å². The first kappa shape index (κ1) is 29.0. The Labute approximate surface area is 278 Å². The zero-order chi connectivity index (χ0) is 31.9. The fraction of sp³-hybridized carbons (Fsp3) is 0.106. The van der Waals surface area contributed by atoms with Gasteiger partial charge in [-0.1, -0.05) is 164 Å². The summed E-state index contributed by atoms with van der Waals surface area (Å²) >= 11 is 0. The highest BCUT2D eigenvalue weighted by Crippen LogP contribution is 2.47. The van der Waals surface area contributed by atoms with Crippen LogP contribution in [0.25, 0.3) is 71.3 Å². The molecule has 0 heterocycles. The molecule has 0 aliphatic heterocycles. The average molecular weight is 603 g/mol. The molecule has 0 bridgehead atoms. The number of hydrogen-bond donors (Lipinski definition) is 0. The van der Waals surface area contributed by atoms with Crippen molar-refractivity contribution in [3.63, 3.8) is 0 Å². The van der Waals surface area contributed by atoms with Crippen molar-refractivity contribution < 1.29 is 0 Å². The maximum Gasteiger partial charge on any atom is -0.00201 e. The number of hydrogen-bond acceptors (Lipinski definition) is 0. The molecule has 0 unspecified atom stereocenters. The van der Waals surface area contributed by atoms with Crippen LogP contribution in [0, 0.1) is 13.8 Å². The Hall–Kier alpha value is -5.46. The van der Waals surface area contributed by atoms with Crippen molar-refractivity contribution in [3.8, 4) is 33.4 Å². The highest BCUT2D eigenvalue weighted by molar-refractivity contribution is 6.24. The van der Waals surface area contributed by atoms with Crippen molar-refractivity contribution in [2.75, 3.05) is 0 Å². The highest BCUT2D eigenvalue weighted by Gasteiger charge is 2.19. The van der Waals surface area contributed by atoms with Gasteiger partial charge >= 0.3 is 0 Å². The summed E-state index contributed by atoms with van der Waals surface area (Å²) in [6.45, 7) is 6.68. The third-order valence-electron chi connectivity index (χ3n) is 10.0. The molecule has 0 nitrogen and oxygen atoms in total. The van der Waals surface area contributed by atoms with Crippen molar-refractivity contribution in [2.24, 2.45) is 0 Å². The van der Waals surface area contributed by atoms with E-state index in [0.29, 0.717) is 0 Å². The summed E-state index contributed by atoms with van der Waals surface area (Å²) in [5.74, 6) is 0. The van der Waals surface area contributed by atoms with Crippen LogP contribution in [0.2, 0.25) is 0 Å².